The lowest BCUT2D eigenvalue weighted by molar-refractivity contribution is -0.394. The Morgan fingerprint density at radius 1 is 1.00 bits per heavy atom. The molecule has 73 valence electrons. The van der Waals surface area contributed by atoms with Crippen molar-refractivity contribution in [1.82, 2.24) is 0 Å². The van der Waals surface area contributed by atoms with Gasteiger partial charge in [0.1, 0.15) is 6.61 Å². The third-order valence-electron chi connectivity index (χ3n) is 1.55. The molecular formula is C7H5N2O5. The summed E-state index contributed by atoms with van der Waals surface area (Å²) < 4.78 is 0. The summed E-state index contributed by atoms with van der Waals surface area (Å²) in [5, 5.41) is 31.1. The lowest BCUT2D eigenvalue weighted by atomic mass is 10.2. The van der Waals surface area contributed by atoms with E-state index in [0.29, 0.717) is 0 Å². The Bertz CT molecular complexity index is 357. The van der Waals surface area contributed by atoms with Crippen molar-refractivity contribution in [1.29, 1.82) is 0 Å². The Hall–Kier alpha value is -2.02. The van der Waals surface area contributed by atoms with Gasteiger partial charge in [-0.1, -0.05) is 0 Å². The van der Waals surface area contributed by atoms with Gasteiger partial charge in [-0.25, -0.2) is 5.11 Å². The van der Waals surface area contributed by atoms with Crippen LogP contribution in [0.2, 0.25) is 0 Å². The molecule has 1 aromatic rings. The predicted octanol–water partition coefficient (Wildman–Crippen LogP) is 1.43. The van der Waals surface area contributed by atoms with Crippen molar-refractivity contribution in [2.75, 3.05) is 0 Å². The standard InChI is InChI=1S/C7H5N2O5/c10-4-5-1-6(8(11)12)3-7(2-5)9(13)14/h1-3H,4H2. The van der Waals surface area contributed by atoms with Crippen molar-refractivity contribution >= 4 is 11.4 Å². The zero-order chi connectivity index (χ0) is 10.7. The Balaban J connectivity index is 3.27. The van der Waals surface area contributed by atoms with Crippen LogP contribution in [0.5, 0.6) is 0 Å². The number of hydrogen-bond donors (Lipinski definition) is 0. The maximum Gasteiger partial charge on any atom is 0.276 e. The average molecular weight is 197 g/mol. The van der Waals surface area contributed by atoms with Gasteiger partial charge in [0.2, 0.25) is 0 Å². The second-order valence-corrected chi connectivity index (χ2v) is 2.52. The van der Waals surface area contributed by atoms with Gasteiger partial charge in [-0.3, -0.25) is 20.2 Å². The monoisotopic (exact) mass is 197 g/mol. The van der Waals surface area contributed by atoms with Crippen LogP contribution in [0.1, 0.15) is 5.56 Å². The first-order chi connectivity index (χ1) is 6.54. The van der Waals surface area contributed by atoms with Gasteiger partial charge in [-0.2, -0.15) is 0 Å². The molecule has 0 N–H and O–H groups in total. The van der Waals surface area contributed by atoms with Crippen LogP contribution in [0.3, 0.4) is 0 Å². The summed E-state index contributed by atoms with van der Waals surface area (Å²) in [5.74, 6) is 0. The molecule has 0 fully saturated rings. The van der Waals surface area contributed by atoms with Gasteiger partial charge in [-0.05, 0) is 5.56 Å². The molecule has 0 aliphatic rings. The highest BCUT2D eigenvalue weighted by molar-refractivity contribution is 5.46. The predicted molar refractivity (Wildman–Crippen MR) is 44.1 cm³/mol. The minimum Gasteiger partial charge on any atom is -0.258 e. The second kappa shape index (κ2) is 3.79. The van der Waals surface area contributed by atoms with Crippen LogP contribution < -0.4 is 0 Å². The Labute approximate surface area is 77.9 Å². The molecule has 14 heavy (non-hydrogen) atoms. The van der Waals surface area contributed by atoms with E-state index in [-0.39, 0.29) is 5.56 Å². The van der Waals surface area contributed by atoms with Gasteiger partial charge in [0.25, 0.3) is 11.4 Å². The second-order valence-electron chi connectivity index (χ2n) is 2.52. The SMILES string of the molecule is [O]Cc1cc([N+](=O)[O-])cc([N+](=O)[O-])c1. The van der Waals surface area contributed by atoms with Crippen LogP contribution in [-0.4, -0.2) is 9.85 Å². The fourth-order valence-corrected chi connectivity index (χ4v) is 0.951. The molecule has 1 aromatic carbocycles. The summed E-state index contributed by atoms with van der Waals surface area (Å²) in [6, 6.07) is 2.87. The van der Waals surface area contributed by atoms with E-state index in [9.17, 15) is 25.3 Å². The molecule has 1 radical (unpaired) electrons. The van der Waals surface area contributed by atoms with Gasteiger partial charge in [0.05, 0.1) is 15.9 Å². The number of nitrogens with zero attached hydrogens (tertiary/aromatic N) is 2. The van der Waals surface area contributed by atoms with Crippen molar-refractivity contribution in [3.63, 3.8) is 0 Å². The Morgan fingerprint density at radius 3 is 1.71 bits per heavy atom. The van der Waals surface area contributed by atoms with Gasteiger partial charge in [0, 0.05) is 12.1 Å². The molecular weight excluding hydrogens is 192 g/mol. The van der Waals surface area contributed by atoms with E-state index >= 15 is 0 Å². The number of rotatable bonds is 3. The molecule has 0 saturated carbocycles. The quantitative estimate of drug-likeness (QED) is 0.539. The van der Waals surface area contributed by atoms with Gasteiger partial charge in [-0.15, -0.1) is 0 Å². The van der Waals surface area contributed by atoms with Crippen LogP contribution >= 0.6 is 0 Å². The zero-order valence-corrected chi connectivity index (χ0v) is 6.87. The third-order valence-corrected chi connectivity index (χ3v) is 1.55. The topological polar surface area (TPSA) is 106 Å². The normalized spacial score (nSPS) is 9.79. The van der Waals surface area contributed by atoms with E-state index in [0.717, 1.165) is 18.2 Å². The van der Waals surface area contributed by atoms with E-state index in [1.54, 1.807) is 0 Å². The summed E-state index contributed by atoms with van der Waals surface area (Å²) in [6.45, 7) is -0.720. The van der Waals surface area contributed by atoms with Crippen LogP contribution in [0, 0.1) is 20.2 Å². The number of benzene rings is 1. The average Bonchev–Trinajstić information content (AvgIpc) is 2.16. The van der Waals surface area contributed by atoms with Crippen molar-refractivity contribution < 1.29 is 15.0 Å². The van der Waals surface area contributed by atoms with Crippen molar-refractivity contribution in [2.24, 2.45) is 0 Å². The molecule has 0 amide bonds. The lowest BCUT2D eigenvalue weighted by Crippen LogP contribution is -1.95. The van der Waals surface area contributed by atoms with Gasteiger partial charge in [0.15, 0.2) is 0 Å². The Kier molecular flexibility index (Phi) is 2.73. The summed E-state index contributed by atoms with van der Waals surface area (Å²) in [4.78, 5) is 19.1. The molecule has 0 bridgehead atoms. The third kappa shape index (κ3) is 2.02. The van der Waals surface area contributed by atoms with Gasteiger partial charge < -0.3 is 0 Å². The van der Waals surface area contributed by atoms with Crippen molar-refractivity contribution in [2.45, 2.75) is 6.61 Å². The number of nitro benzene ring substituents is 2. The van der Waals surface area contributed by atoms with E-state index in [2.05, 4.69) is 0 Å². The number of non-ortho nitro benzene ring substituents is 2. The highest BCUT2D eigenvalue weighted by atomic mass is 16.6. The first-order valence-corrected chi connectivity index (χ1v) is 3.55. The van der Waals surface area contributed by atoms with Crippen molar-refractivity contribution in [3.05, 3.63) is 44.0 Å². The molecule has 0 atom stereocenters. The molecule has 7 nitrogen and oxygen atoms in total. The molecule has 0 aliphatic heterocycles. The molecule has 1 rings (SSSR count). The summed E-state index contributed by atoms with van der Waals surface area (Å²) in [7, 11) is 0. The van der Waals surface area contributed by atoms with E-state index in [4.69, 9.17) is 0 Å². The molecule has 0 heterocycles. The summed E-state index contributed by atoms with van der Waals surface area (Å²) in [6.07, 6.45) is 0. The fourth-order valence-electron chi connectivity index (χ4n) is 0.951. The van der Waals surface area contributed by atoms with Crippen LogP contribution in [0.15, 0.2) is 18.2 Å². The molecule has 0 saturated heterocycles. The van der Waals surface area contributed by atoms with Crippen LogP contribution in [-0.2, 0) is 11.7 Å². The maximum absolute atomic E-state index is 10.4. The summed E-state index contributed by atoms with van der Waals surface area (Å²) >= 11 is 0. The smallest absolute Gasteiger partial charge is 0.258 e. The van der Waals surface area contributed by atoms with E-state index in [1.807, 2.05) is 0 Å². The van der Waals surface area contributed by atoms with Crippen LogP contribution in [0.4, 0.5) is 11.4 Å². The van der Waals surface area contributed by atoms with Crippen LogP contribution in [0.25, 0.3) is 0 Å². The molecule has 0 aliphatic carbocycles. The van der Waals surface area contributed by atoms with Gasteiger partial charge >= 0.3 is 0 Å². The summed E-state index contributed by atoms with van der Waals surface area (Å²) in [5.41, 5.74) is -0.846. The minimum atomic E-state index is -0.772. The minimum absolute atomic E-state index is 0.0332. The fraction of sp³-hybridized carbons (Fsp3) is 0.143. The molecule has 0 unspecified atom stereocenters. The van der Waals surface area contributed by atoms with E-state index < -0.39 is 27.8 Å². The highest BCUT2D eigenvalue weighted by Crippen LogP contribution is 2.22. The molecule has 0 aromatic heterocycles. The number of nitro groups is 2. The van der Waals surface area contributed by atoms with E-state index in [1.165, 1.54) is 0 Å². The maximum atomic E-state index is 10.4. The zero-order valence-electron chi connectivity index (χ0n) is 6.87. The van der Waals surface area contributed by atoms with Crippen molar-refractivity contribution in [3.8, 4) is 0 Å². The molecule has 7 heteroatoms. The highest BCUT2D eigenvalue weighted by Gasteiger charge is 2.15. The molecule has 0 spiro atoms. The first kappa shape index (κ1) is 10.1. The lowest BCUT2D eigenvalue weighted by Gasteiger charge is -1.96. The first-order valence-electron chi connectivity index (χ1n) is 3.55. The largest absolute Gasteiger partial charge is 0.276 e. The Morgan fingerprint density at radius 2 is 1.43 bits per heavy atom. The number of hydrogen-bond acceptors (Lipinski definition) is 4.